The average molecular weight is 350 g/mol. The van der Waals surface area contributed by atoms with Crippen molar-refractivity contribution in [2.24, 2.45) is 9.63 Å². The molecule has 3 aromatic rings. The van der Waals surface area contributed by atoms with Gasteiger partial charge in [-0.05, 0) is 24.3 Å². The van der Waals surface area contributed by atoms with E-state index in [1.165, 1.54) is 12.1 Å². The minimum absolute atomic E-state index is 0.0469. The SMILES string of the molecule is O=C(c1ccccc1)c1ccccc1N=NS(=O)(=O)c1ccccc1. The highest BCUT2D eigenvalue weighted by atomic mass is 32.2. The summed E-state index contributed by atoms with van der Waals surface area (Å²) in [4.78, 5) is 12.7. The largest absolute Gasteiger partial charge is 0.299 e. The Bertz CT molecular complexity index is 1010. The highest BCUT2D eigenvalue weighted by Crippen LogP contribution is 2.24. The molecule has 124 valence electrons. The van der Waals surface area contributed by atoms with Crippen LogP contribution >= 0.6 is 0 Å². The molecule has 0 saturated heterocycles. The number of sulfonamides is 1. The van der Waals surface area contributed by atoms with Crippen LogP contribution in [0.1, 0.15) is 15.9 Å². The molecule has 0 radical (unpaired) electrons. The Morgan fingerprint density at radius 2 is 1.28 bits per heavy atom. The van der Waals surface area contributed by atoms with Gasteiger partial charge in [-0.1, -0.05) is 65.2 Å². The molecular weight excluding hydrogens is 336 g/mol. The summed E-state index contributed by atoms with van der Waals surface area (Å²) in [5.74, 6) is -0.243. The predicted molar refractivity (Wildman–Crippen MR) is 94.5 cm³/mol. The quantitative estimate of drug-likeness (QED) is 0.506. The Morgan fingerprint density at radius 1 is 0.720 bits per heavy atom. The van der Waals surface area contributed by atoms with E-state index in [2.05, 4.69) is 9.63 Å². The van der Waals surface area contributed by atoms with E-state index in [0.717, 1.165) is 0 Å². The molecule has 0 N–H and O–H groups in total. The Kier molecular flexibility index (Phi) is 4.81. The van der Waals surface area contributed by atoms with E-state index < -0.39 is 10.0 Å². The molecule has 0 amide bonds. The van der Waals surface area contributed by atoms with E-state index in [1.807, 2.05) is 6.07 Å². The smallest absolute Gasteiger partial charge is 0.289 e. The molecule has 0 bridgehead atoms. The van der Waals surface area contributed by atoms with E-state index in [-0.39, 0.29) is 16.4 Å². The normalized spacial score (nSPS) is 11.5. The van der Waals surface area contributed by atoms with Crippen molar-refractivity contribution in [3.05, 3.63) is 96.1 Å². The molecule has 0 atom stereocenters. The van der Waals surface area contributed by atoms with Gasteiger partial charge < -0.3 is 0 Å². The van der Waals surface area contributed by atoms with Gasteiger partial charge in [0.2, 0.25) is 0 Å². The van der Waals surface area contributed by atoms with Crippen molar-refractivity contribution in [1.29, 1.82) is 0 Å². The van der Waals surface area contributed by atoms with E-state index in [1.54, 1.807) is 66.7 Å². The van der Waals surface area contributed by atoms with E-state index >= 15 is 0 Å². The van der Waals surface area contributed by atoms with Crippen LogP contribution in [0, 0.1) is 0 Å². The van der Waals surface area contributed by atoms with Crippen LogP contribution < -0.4 is 0 Å². The third-order valence-electron chi connectivity index (χ3n) is 3.48. The lowest BCUT2D eigenvalue weighted by molar-refractivity contribution is 0.103. The molecule has 0 aromatic heterocycles. The van der Waals surface area contributed by atoms with Crippen molar-refractivity contribution in [2.75, 3.05) is 0 Å². The van der Waals surface area contributed by atoms with Crippen molar-refractivity contribution < 1.29 is 13.2 Å². The zero-order valence-electron chi connectivity index (χ0n) is 13.1. The number of ketones is 1. The van der Waals surface area contributed by atoms with Gasteiger partial charge in [0.25, 0.3) is 10.0 Å². The maximum absolute atomic E-state index is 12.6. The fourth-order valence-corrected chi connectivity index (χ4v) is 3.03. The molecule has 0 heterocycles. The lowest BCUT2D eigenvalue weighted by Gasteiger charge is -2.04. The maximum Gasteiger partial charge on any atom is 0.299 e. The van der Waals surface area contributed by atoms with Crippen LogP contribution in [-0.2, 0) is 10.0 Å². The van der Waals surface area contributed by atoms with Gasteiger partial charge in [0, 0.05) is 5.56 Å². The van der Waals surface area contributed by atoms with Gasteiger partial charge in [0.1, 0.15) is 0 Å². The Hall–Kier alpha value is -3.12. The first-order chi connectivity index (χ1) is 12.1. The fourth-order valence-electron chi connectivity index (χ4n) is 2.24. The molecule has 0 saturated carbocycles. The third kappa shape index (κ3) is 3.87. The summed E-state index contributed by atoms with van der Waals surface area (Å²) in [5.41, 5.74) is 0.993. The van der Waals surface area contributed by atoms with Crippen LogP contribution in [-0.4, -0.2) is 14.2 Å². The Labute approximate surface area is 145 Å². The van der Waals surface area contributed by atoms with Crippen molar-refractivity contribution in [3.63, 3.8) is 0 Å². The Balaban J connectivity index is 1.96. The number of benzene rings is 3. The number of hydrogen-bond acceptors (Lipinski definition) is 4. The van der Waals surface area contributed by atoms with Crippen LogP contribution in [0.4, 0.5) is 5.69 Å². The summed E-state index contributed by atoms with van der Waals surface area (Å²) in [6.45, 7) is 0. The molecule has 0 spiro atoms. The van der Waals surface area contributed by atoms with Crippen molar-refractivity contribution >= 4 is 21.5 Å². The van der Waals surface area contributed by atoms with Gasteiger partial charge in [-0.2, -0.15) is 8.42 Å². The van der Waals surface area contributed by atoms with Gasteiger partial charge in [0.05, 0.1) is 16.1 Å². The summed E-state index contributed by atoms with van der Waals surface area (Å²) in [6, 6.07) is 23.0. The topological polar surface area (TPSA) is 75.9 Å². The van der Waals surface area contributed by atoms with Gasteiger partial charge in [-0.25, -0.2) is 0 Å². The minimum Gasteiger partial charge on any atom is -0.289 e. The molecule has 0 aliphatic heterocycles. The first-order valence-electron chi connectivity index (χ1n) is 7.50. The van der Waals surface area contributed by atoms with Crippen molar-refractivity contribution in [3.8, 4) is 0 Å². The van der Waals surface area contributed by atoms with Crippen LogP contribution in [0.5, 0.6) is 0 Å². The lowest BCUT2D eigenvalue weighted by Crippen LogP contribution is -2.01. The second kappa shape index (κ2) is 7.19. The monoisotopic (exact) mass is 350 g/mol. The van der Waals surface area contributed by atoms with Gasteiger partial charge >= 0.3 is 0 Å². The molecule has 0 aliphatic rings. The minimum atomic E-state index is -3.92. The molecule has 0 aliphatic carbocycles. The lowest BCUT2D eigenvalue weighted by atomic mass is 10.0. The third-order valence-corrected chi connectivity index (χ3v) is 4.65. The van der Waals surface area contributed by atoms with Crippen LogP contribution in [0.25, 0.3) is 0 Å². The van der Waals surface area contributed by atoms with E-state index in [4.69, 9.17) is 0 Å². The summed E-state index contributed by atoms with van der Waals surface area (Å²) in [6.07, 6.45) is 0. The van der Waals surface area contributed by atoms with Gasteiger partial charge in [-0.15, -0.1) is 5.11 Å². The van der Waals surface area contributed by atoms with E-state index in [0.29, 0.717) is 11.1 Å². The number of rotatable bonds is 5. The molecule has 25 heavy (non-hydrogen) atoms. The number of hydrogen-bond donors (Lipinski definition) is 0. The van der Waals surface area contributed by atoms with Crippen molar-refractivity contribution in [1.82, 2.24) is 0 Å². The highest BCUT2D eigenvalue weighted by Gasteiger charge is 2.15. The summed E-state index contributed by atoms with van der Waals surface area (Å²) in [5, 5.41) is 3.82. The van der Waals surface area contributed by atoms with Crippen LogP contribution in [0.15, 0.2) is 99.5 Å². The van der Waals surface area contributed by atoms with Gasteiger partial charge in [0.15, 0.2) is 5.78 Å². The van der Waals surface area contributed by atoms with Crippen LogP contribution in [0.2, 0.25) is 0 Å². The standard InChI is InChI=1S/C19H14N2O3S/c22-19(15-9-3-1-4-10-15)17-13-7-8-14-18(17)20-21-25(23,24)16-11-5-2-6-12-16/h1-14H. The zero-order chi connectivity index (χ0) is 17.7. The van der Waals surface area contributed by atoms with E-state index in [9.17, 15) is 13.2 Å². The molecule has 0 fully saturated rings. The molecule has 0 unspecified atom stereocenters. The highest BCUT2D eigenvalue weighted by molar-refractivity contribution is 7.90. The first kappa shape index (κ1) is 16.7. The Morgan fingerprint density at radius 3 is 1.96 bits per heavy atom. The number of carbonyl (C=O) groups excluding carboxylic acids is 1. The molecular formula is C19H14N2O3S. The molecule has 3 rings (SSSR count). The second-order valence-electron chi connectivity index (χ2n) is 5.18. The van der Waals surface area contributed by atoms with Crippen molar-refractivity contribution in [2.45, 2.75) is 4.90 Å². The molecule has 6 heteroatoms. The van der Waals surface area contributed by atoms with Gasteiger partial charge in [-0.3, -0.25) is 4.79 Å². The summed E-state index contributed by atoms with van der Waals surface area (Å²) in [7, 11) is -3.92. The zero-order valence-corrected chi connectivity index (χ0v) is 13.9. The summed E-state index contributed by atoms with van der Waals surface area (Å²) < 4.78 is 27.9. The first-order valence-corrected chi connectivity index (χ1v) is 8.94. The molecule has 5 nitrogen and oxygen atoms in total. The average Bonchev–Trinajstić information content (AvgIpc) is 2.67. The molecule has 3 aromatic carbocycles. The fraction of sp³-hybridized carbons (Fsp3) is 0. The summed E-state index contributed by atoms with van der Waals surface area (Å²) >= 11 is 0. The second-order valence-corrected chi connectivity index (χ2v) is 6.77. The maximum atomic E-state index is 12.6. The van der Waals surface area contributed by atoms with Crippen LogP contribution in [0.3, 0.4) is 0 Å². The predicted octanol–water partition coefficient (Wildman–Crippen LogP) is 4.39. The number of carbonyl (C=O) groups is 1. The number of nitrogens with zero attached hydrogens (tertiary/aromatic N) is 2.